The van der Waals surface area contributed by atoms with E-state index in [1.807, 2.05) is 0 Å². The molecule has 0 amide bonds. The Morgan fingerprint density at radius 3 is 1.67 bits per heavy atom. The predicted octanol–water partition coefficient (Wildman–Crippen LogP) is -0.151. The van der Waals surface area contributed by atoms with Crippen LogP contribution in [0.5, 0.6) is 0 Å². The fourth-order valence-corrected chi connectivity index (χ4v) is 1.03. The van der Waals surface area contributed by atoms with E-state index in [2.05, 4.69) is 0 Å². The van der Waals surface area contributed by atoms with Gasteiger partial charge in [0.25, 0.3) is 10.1 Å². The van der Waals surface area contributed by atoms with Crippen LogP contribution in [0.15, 0.2) is 0 Å². The Morgan fingerprint density at radius 2 is 1.67 bits per heavy atom. The molecule has 0 saturated carbocycles. The van der Waals surface area contributed by atoms with E-state index in [-0.39, 0.29) is 0 Å². The molecule has 0 unspecified atom stereocenters. The molecule has 56 valence electrons. The van der Waals surface area contributed by atoms with Crippen LogP contribution in [0.25, 0.3) is 0 Å². The van der Waals surface area contributed by atoms with Gasteiger partial charge in [-0.2, -0.15) is 8.42 Å². The van der Waals surface area contributed by atoms with Gasteiger partial charge in [-0.15, -0.1) is 0 Å². The Bertz CT molecular complexity index is 169. The van der Waals surface area contributed by atoms with Gasteiger partial charge in [-0.1, -0.05) is 13.8 Å². The summed E-state index contributed by atoms with van der Waals surface area (Å²) >= 11 is 0. The van der Waals surface area contributed by atoms with Gasteiger partial charge in [-0.25, -0.2) is 0 Å². The summed E-state index contributed by atoms with van der Waals surface area (Å²) < 4.78 is 28.3. The van der Waals surface area contributed by atoms with Crippen molar-refractivity contribution < 1.29 is 18.1 Å². The Kier molecular flexibility index (Phi) is 2.60. The lowest BCUT2D eigenvalue weighted by Crippen LogP contribution is -2.25. The number of rotatable bonds is 2. The topological polar surface area (TPSA) is 74.6 Å². The second-order valence-corrected chi connectivity index (χ2v) is 3.66. The molecule has 0 aliphatic rings. The SMILES string of the molecule is CC(C)[C@H](O)S(=O)(=O)O. The Labute approximate surface area is 54.3 Å². The molecule has 5 heteroatoms. The lowest BCUT2D eigenvalue weighted by atomic mass is 10.2. The fourth-order valence-electron chi connectivity index (χ4n) is 0.344. The van der Waals surface area contributed by atoms with Gasteiger partial charge >= 0.3 is 0 Å². The number of aliphatic hydroxyl groups excluding tert-OH is 1. The van der Waals surface area contributed by atoms with Crippen LogP contribution in [-0.4, -0.2) is 23.5 Å². The minimum atomic E-state index is -4.25. The van der Waals surface area contributed by atoms with E-state index < -0.39 is 21.5 Å². The first-order valence-electron chi connectivity index (χ1n) is 2.50. The van der Waals surface area contributed by atoms with Gasteiger partial charge in [-0.3, -0.25) is 4.55 Å². The van der Waals surface area contributed by atoms with Crippen LogP contribution in [0.2, 0.25) is 0 Å². The van der Waals surface area contributed by atoms with Gasteiger partial charge in [0.15, 0.2) is 5.44 Å². The normalized spacial score (nSPS) is 16.1. The molecule has 0 rings (SSSR count). The maximum absolute atomic E-state index is 10.1. The molecule has 0 spiro atoms. The minimum absolute atomic E-state index is 0.472. The lowest BCUT2D eigenvalue weighted by molar-refractivity contribution is 0.186. The summed E-state index contributed by atoms with van der Waals surface area (Å²) in [4.78, 5) is 0. The van der Waals surface area contributed by atoms with Crippen molar-refractivity contribution >= 4 is 10.1 Å². The third-order valence-corrected chi connectivity index (χ3v) is 2.03. The van der Waals surface area contributed by atoms with E-state index in [1.54, 1.807) is 0 Å². The summed E-state index contributed by atoms with van der Waals surface area (Å²) in [5.41, 5.74) is -1.66. The first-order chi connectivity index (χ1) is 3.85. The Morgan fingerprint density at radius 1 is 1.33 bits per heavy atom. The lowest BCUT2D eigenvalue weighted by Gasteiger charge is -2.09. The molecule has 0 bridgehead atoms. The van der Waals surface area contributed by atoms with Gasteiger partial charge < -0.3 is 5.11 Å². The van der Waals surface area contributed by atoms with Crippen LogP contribution in [0, 0.1) is 5.92 Å². The van der Waals surface area contributed by atoms with Crippen molar-refractivity contribution in [2.24, 2.45) is 5.92 Å². The number of aliphatic hydroxyl groups is 1. The van der Waals surface area contributed by atoms with E-state index >= 15 is 0 Å². The van der Waals surface area contributed by atoms with Crippen molar-refractivity contribution in [2.45, 2.75) is 19.3 Å². The third-order valence-electron chi connectivity index (χ3n) is 0.875. The van der Waals surface area contributed by atoms with Gasteiger partial charge in [0, 0.05) is 0 Å². The third kappa shape index (κ3) is 2.78. The highest BCUT2D eigenvalue weighted by atomic mass is 32.2. The zero-order chi connectivity index (χ0) is 7.65. The molecule has 0 heterocycles. The average Bonchev–Trinajstić information content (AvgIpc) is 1.62. The summed E-state index contributed by atoms with van der Waals surface area (Å²) in [5, 5.41) is 8.62. The molecular formula is C4H10O4S. The van der Waals surface area contributed by atoms with Crippen LogP contribution in [0.1, 0.15) is 13.8 Å². The molecule has 0 fully saturated rings. The van der Waals surface area contributed by atoms with Crippen LogP contribution in [0.3, 0.4) is 0 Å². The van der Waals surface area contributed by atoms with Crippen molar-refractivity contribution in [3.63, 3.8) is 0 Å². The molecule has 0 aromatic rings. The zero-order valence-electron chi connectivity index (χ0n) is 5.27. The Hall–Kier alpha value is -0.130. The number of hydrogen-bond acceptors (Lipinski definition) is 3. The molecule has 0 aromatic carbocycles. The molecule has 4 nitrogen and oxygen atoms in total. The van der Waals surface area contributed by atoms with E-state index in [0.29, 0.717) is 0 Å². The van der Waals surface area contributed by atoms with Gasteiger partial charge in [0.1, 0.15) is 0 Å². The molecule has 9 heavy (non-hydrogen) atoms. The quantitative estimate of drug-likeness (QED) is 0.542. The highest BCUT2D eigenvalue weighted by Gasteiger charge is 2.22. The predicted molar refractivity (Wildman–Crippen MR) is 32.4 cm³/mol. The average molecular weight is 154 g/mol. The molecule has 0 radical (unpaired) electrons. The van der Waals surface area contributed by atoms with Crippen LogP contribution < -0.4 is 0 Å². The van der Waals surface area contributed by atoms with Crippen molar-refractivity contribution in [2.75, 3.05) is 0 Å². The van der Waals surface area contributed by atoms with E-state index in [0.717, 1.165) is 0 Å². The smallest absolute Gasteiger partial charge is 0.292 e. The van der Waals surface area contributed by atoms with Crippen LogP contribution in [0.4, 0.5) is 0 Å². The molecule has 0 aliphatic carbocycles. The maximum atomic E-state index is 10.1. The standard InChI is InChI=1S/C4H10O4S/c1-3(2)4(5)9(6,7)8/h3-5H,1-2H3,(H,6,7,8)/t4-/m1/s1. The summed E-state index contributed by atoms with van der Waals surface area (Å²) in [7, 11) is -4.25. The van der Waals surface area contributed by atoms with Gasteiger partial charge in [-0.05, 0) is 5.92 Å². The summed E-state index contributed by atoms with van der Waals surface area (Å²) in [5.74, 6) is -0.472. The molecule has 0 aliphatic heterocycles. The summed E-state index contributed by atoms with van der Waals surface area (Å²) in [6.45, 7) is 3.00. The molecule has 0 aromatic heterocycles. The minimum Gasteiger partial charge on any atom is -0.375 e. The zero-order valence-corrected chi connectivity index (χ0v) is 6.09. The molecular weight excluding hydrogens is 144 g/mol. The second kappa shape index (κ2) is 2.64. The van der Waals surface area contributed by atoms with E-state index in [1.165, 1.54) is 13.8 Å². The Balaban J connectivity index is 4.24. The van der Waals surface area contributed by atoms with Crippen LogP contribution in [-0.2, 0) is 10.1 Å². The maximum Gasteiger partial charge on any atom is 0.292 e. The van der Waals surface area contributed by atoms with Gasteiger partial charge in [0.2, 0.25) is 0 Å². The van der Waals surface area contributed by atoms with Crippen molar-refractivity contribution in [3.05, 3.63) is 0 Å². The highest BCUT2D eigenvalue weighted by Crippen LogP contribution is 2.05. The largest absolute Gasteiger partial charge is 0.375 e. The van der Waals surface area contributed by atoms with E-state index in [9.17, 15) is 8.42 Å². The monoisotopic (exact) mass is 154 g/mol. The van der Waals surface area contributed by atoms with Crippen molar-refractivity contribution in [1.82, 2.24) is 0 Å². The van der Waals surface area contributed by atoms with Crippen LogP contribution >= 0.6 is 0 Å². The summed E-state index contributed by atoms with van der Waals surface area (Å²) in [6.07, 6.45) is 0. The number of hydrogen-bond donors (Lipinski definition) is 2. The van der Waals surface area contributed by atoms with Crippen molar-refractivity contribution in [3.8, 4) is 0 Å². The second-order valence-electron chi connectivity index (χ2n) is 2.15. The van der Waals surface area contributed by atoms with Crippen molar-refractivity contribution in [1.29, 1.82) is 0 Å². The summed E-state index contributed by atoms with van der Waals surface area (Å²) in [6, 6.07) is 0. The molecule has 1 atom stereocenters. The van der Waals surface area contributed by atoms with E-state index in [4.69, 9.17) is 9.66 Å². The molecule has 0 saturated heterocycles. The first-order valence-corrected chi connectivity index (χ1v) is 4.00. The first kappa shape index (κ1) is 8.87. The molecule has 2 N–H and O–H groups in total. The van der Waals surface area contributed by atoms with Gasteiger partial charge in [0.05, 0.1) is 0 Å². The fraction of sp³-hybridized carbons (Fsp3) is 1.00. The highest BCUT2D eigenvalue weighted by molar-refractivity contribution is 7.86.